The standard InChI is InChI=1S/C27H25N3O4S/c1-16-8-5-6-11-24(16)30-26(32)23-13-22-19(15-33-18(3)31)14-28-17(2)25(22)34-27(23)29-20-9-7-10-21(12-20)35-4/h5-14H,15H2,1-4H3,(H,30,32). The molecule has 7 nitrogen and oxygen atoms in total. The quantitative estimate of drug-likeness (QED) is 0.276. The first-order valence-electron chi connectivity index (χ1n) is 11.0. The van der Waals surface area contributed by atoms with Gasteiger partial charge in [-0.1, -0.05) is 24.3 Å². The molecule has 0 radical (unpaired) electrons. The van der Waals surface area contributed by atoms with Crippen LogP contribution in [0.3, 0.4) is 0 Å². The molecule has 0 unspecified atom stereocenters. The molecule has 2 heterocycles. The van der Waals surface area contributed by atoms with Crippen LogP contribution >= 0.6 is 11.8 Å². The summed E-state index contributed by atoms with van der Waals surface area (Å²) >= 11 is 1.60. The van der Waals surface area contributed by atoms with Gasteiger partial charge in [0.1, 0.15) is 12.2 Å². The molecule has 1 amide bonds. The largest absolute Gasteiger partial charge is 0.461 e. The Morgan fingerprint density at radius 3 is 2.66 bits per heavy atom. The van der Waals surface area contributed by atoms with Crippen molar-refractivity contribution in [1.82, 2.24) is 4.98 Å². The number of anilines is 1. The van der Waals surface area contributed by atoms with Gasteiger partial charge in [0.25, 0.3) is 5.91 Å². The predicted molar refractivity (Wildman–Crippen MR) is 137 cm³/mol. The number of fused-ring (bicyclic) bond motifs is 1. The van der Waals surface area contributed by atoms with Crippen molar-refractivity contribution >= 4 is 46.0 Å². The summed E-state index contributed by atoms with van der Waals surface area (Å²) in [6.45, 7) is 5.09. The van der Waals surface area contributed by atoms with Crippen LogP contribution in [0.5, 0.6) is 0 Å². The van der Waals surface area contributed by atoms with Crippen LogP contribution in [-0.2, 0) is 16.1 Å². The molecule has 4 aromatic rings. The van der Waals surface area contributed by atoms with Crippen molar-refractivity contribution in [3.8, 4) is 0 Å². The third kappa shape index (κ3) is 5.60. The number of carbonyl (C=O) groups is 2. The molecule has 0 saturated heterocycles. The molecule has 0 fully saturated rings. The van der Waals surface area contributed by atoms with Crippen molar-refractivity contribution < 1.29 is 18.7 Å². The monoisotopic (exact) mass is 487 g/mol. The van der Waals surface area contributed by atoms with E-state index in [0.717, 1.165) is 10.5 Å². The fourth-order valence-corrected chi connectivity index (χ4v) is 3.98. The molecule has 0 spiro atoms. The van der Waals surface area contributed by atoms with E-state index in [0.29, 0.717) is 33.6 Å². The number of hydrogen-bond acceptors (Lipinski definition) is 7. The number of thioether (sulfide) groups is 1. The van der Waals surface area contributed by atoms with Crippen LogP contribution in [-0.4, -0.2) is 23.1 Å². The lowest BCUT2D eigenvalue weighted by atomic mass is 10.1. The van der Waals surface area contributed by atoms with Gasteiger partial charge in [-0.2, -0.15) is 0 Å². The van der Waals surface area contributed by atoms with Crippen molar-refractivity contribution in [3.05, 3.63) is 88.7 Å². The fraction of sp³-hybridized carbons (Fsp3) is 0.185. The summed E-state index contributed by atoms with van der Waals surface area (Å²) in [6, 6.07) is 16.9. The zero-order valence-electron chi connectivity index (χ0n) is 19.9. The Kier molecular flexibility index (Phi) is 7.31. The molecule has 0 saturated carbocycles. The van der Waals surface area contributed by atoms with E-state index in [1.54, 1.807) is 24.0 Å². The lowest BCUT2D eigenvalue weighted by Gasteiger charge is -2.12. The van der Waals surface area contributed by atoms with Gasteiger partial charge in [0.2, 0.25) is 5.55 Å². The second-order valence-electron chi connectivity index (χ2n) is 7.94. The number of carbonyl (C=O) groups excluding carboxylic acids is 2. The number of nitrogens with zero attached hydrogens (tertiary/aromatic N) is 2. The maximum atomic E-state index is 13.5. The lowest BCUT2D eigenvalue weighted by Crippen LogP contribution is -2.22. The van der Waals surface area contributed by atoms with Gasteiger partial charge in [-0.05, 0) is 56.0 Å². The molecule has 178 valence electrons. The van der Waals surface area contributed by atoms with Crippen LogP contribution in [0.1, 0.15) is 34.1 Å². The minimum atomic E-state index is -0.409. The third-order valence-corrected chi connectivity index (χ3v) is 6.13. The van der Waals surface area contributed by atoms with Gasteiger partial charge in [-0.3, -0.25) is 14.6 Å². The highest BCUT2D eigenvalue weighted by Crippen LogP contribution is 2.24. The molecule has 4 rings (SSSR count). The number of nitrogens with one attached hydrogen (secondary N) is 1. The predicted octanol–water partition coefficient (Wildman–Crippen LogP) is 5.71. The number of aryl methyl sites for hydroxylation is 2. The fourth-order valence-electron chi connectivity index (χ4n) is 3.53. The zero-order chi connectivity index (χ0) is 24.9. The number of benzene rings is 2. The van der Waals surface area contributed by atoms with Crippen LogP contribution in [0.15, 0.2) is 75.1 Å². The Bertz CT molecular complexity index is 1490. The van der Waals surface area contributed by atoms with Crippen molar-refractivity contribution in [1.29, 1.82) is 0 Å². The summed E-state index contributed by atoms with van der Waals surface area (Å²) in [5, 5.41) is 3.59. The van der Waals surface area contributed by atoms with E-state index in [1.165, 1.54) is 6.92 Å². The second kappa shape index (κ2) is 10.6. The Labute approximate surface area is 207 Å². The van der Waals surface area contributed by atoms with E-state index in [4.69, 9.17) is 9.15 Å². The molecule has 2 aromatic heterocycles. The SMILES string of the molecule is CSc1cccc(N=c2oc3c(C)ncc(COC(C)=O)c3cc2C(=O)Nc2ccccc2C)c1. The molecule has 0 atom stereocenters. The second-order valence-corrected chi connectivity index (χ2v) is 8.82. The number of hydrogen-bond donors (Lipinski definition) is 1. The number of rotatable bonds is 6. The number of para-hydroxylation sites is 1. The van der Waals surface area contributed by atoms with E-state index in [1.807, 2.05) is 68.6 Å². The molecule has 0 aliphatic rings. The number of aromatic nitrogens is 1. The summed E-state index contributed by atoms with van der Waals surface area (Å²) in [7, 11) is 0. The summed E-state index contributed by atoms with van der Waals surface area (Å²) in [4.78, 5) is 35.0. The smallest absolute Gasteiger partial charge is 0.302 e. The van der Waals surface area contributed by atoms with E-state index in [-0.39, 0.29) is 23.6 Å². The first-order chi connectivity index (χ1) is 16.9. The Balaban J connectivity index is 1.92. The van der Waals surface area contributed by atoms with Crippen molar-refractivity contribution in [2.45, 2.75) is 32.3 Å². The molecule has 8 heteroatoms. The Morgan fingerprint density at radius 2 is 1.91 bits per heavy atom. The van der Waals surface area contributed by atoms with E-state index >= 15 is 0 Å². The van der Waals surface area contributed by atoms with Gasteiger partial charge in [0.15, 0.2) is 5.58 Å². The van der Waals surface area contributed by atoms with Gasteiger partial charge in [-0.25, -0.2) is 4.99 Å². The topological polar surface area (TPSA) is 93.8 Å². The van der Waals surface area contributed by atoms with Crippen molar-refractivity contribution in [3.63, 3.8) is 0 Å². The Hall–Kier alpha value is -3.91. The van der Waals surface area contributed by atoms with Crippen molar-refractivity contribution in [2.75, 3.05) is 11.6 Å². The summed E-state index contributed by atoms with van der Waals surface area (Å²) < 4.78 is 11.4. The van der Waals surface area contributed by atoms with Gasteiger partial charge in [0.05, 0.1) is 11.4 Å². The minimum Gasteiger partial charge on any atom is -0.461 e. The molecule has 0 aliphatic carbocycles. The lowest BCUT2D eigenvalue weighted by molar-refractivity contribution is -0.142. The van der Waals surface area contributed by atoms with Crippen LogP contribution in [0, 0.1) is 13.8 Å². The summed E-state index contributed by atoms with van der Waals surface area (Å²) in [5.41, 5.74) is 4.44. The molecular weight excluding hydrogens is 462 g/mol. The van der Waals surface area contributed by atoms with Crippen LogP contribution in [0.2, 0.25) is 0 Å². The van der Waals surface area contributed by atoms with Crippen molar-refractivity contribution in [2.24, 2.45) is 4.99 Å². The Morgan fingerprint density at radius 1 is 1.11 bits per heavy atom. The van der Waals surface area contributed by atoms with E-state index in [9.17, 15) is 9.59 Å². The van der Waals surface area contributed by atoms with Gasteiger partial charge in [0, 0.05) is 34.7 Å². The molecule has 35 heavy (non-hydrogen) atoms. The average molecular weight is 488 g/mol. The minimum absolute atomic E-state index is 0.0136. The van der Waals surface area contributed by atoms with E-state index in [2.05, 4.69) is 15.3 Å². The number of pyridine rings is 1. The average Bonchev–Trinajstić information content (AvgIpc) is 2.85. The van der Waals surface area contributed by atoms with Crippen LogP contribution in [0.4, 0.5) is 11.4 Å². The summed E-state index contributed by atoms with van der Waals surface area (Å²) in [6.07, 6.45) is 3.61. The highest BCUT2D eigenvalue weighted by atomic mass is 32.2. The normalized spacial score (nSPS) is 11.5. The van der Waals surface area contributed by atoms with Gasteiger partial charge < -0.3 is 14.5 Å². The van der Waals surface area contributed by atoms with E-state index < -0.39 is 5.97 Å². The first kappa shape index (κ1) is 24.2. The maximum Gasteiger partial charge on any atom is 0.302 e. The maximum absolute atomic E-state index is 13.5. The molecular formula is C27H25N3O4S. The van der Waals surface area contributed by atoms with Gasteiger partial charge >= 0.3 is 5.97 Å². The first-order valence-corrected chi connectivity index (χ1v) is 12.2. The summed E-state index contributed by atoms with van der Waals surface area (Å²) in [5.74, 6) is -0.772. The number of ether oxygens (including phenoxy) is 1. The molecule has 1 N–H and O–H groups in total. The molecule has 0 bridgehead atoms. The van der Waals surface area contributed by atoms with Crippen LogP contribution < -0.4 is 10.9 Å². The highest BCUT2D eigenvalue weighted by molar-refractivity contribution is 7.98. The molecule has 2 aromatic carbocycles. The third-order valence-electron chi connectivity index (χ3n) is 5.40. The van der Waals surface area contributed by atoms with Gasteiger partial charge in [-0.15, -0.1) is 11.8 Å². The zero-order valence-corrected chi connectivity index (χ0v) is 20.7. The highest BCUT2D eigenvalue weighted by Gasteiger charge is 2.17. The number of esters is 1. The van der Waals surface area contributed by atoms with Crippen LogP contribution in [0.25, 0.3) is 11.0 Å². The number of amides is 1. The molecule has 0 aliphatic heterocycles.